The summed E-state index contributed by atoms with van der Waals surface area (Å²) in [6, 6.07) is 2.98. The van der Waals surface area contributed by atoms with Crippen LogP contribution in [0.25, 0.3) is 0 Å². The van der Waals surface area contributed by atoms with Crippen LogP contribution in [0, 0.1) is 5.41 Å². The Bertz CT molecular complexity index is 721. The van der Waals surface area contributed by atoms with Crippen molar-refractivity contribution in [2.24, 2.45) is 5.41 Å². The number of carbonyl (C=O) groups excluding carboxylic acids is 2. The van der Waals surface area contributed by atoms with Crippen LogP contribution in [-0.2, 0) is 16.1 Å². The molecule has 212 valence electrons. The van der Waals surface area contributed by atoms with Crippen LogP contribution in [0.4, 0.5) is 4.79 Å². The van der Waals surface area contributed by atoms with E-state index >= 15 is 0 Å². The molecule has 0 aliphatic rings. The quantitative estimate of drug-likeness (QED) is 0.167. The standard InChI is InChI=1S/C30H53N3O4/c1-5-6-7-8-9-10-11-12-13-14-15-16-17-18-27(34)26(33-28(35)30(2,3)4)24-37-29(36)32-23-25-19-21-31-22-20-25/h19-22,26-27,34H,5-18,23-24H2,1-4H3,(H,32,36)(H,33,35)/t26-,27+/m0/s1. The summed E-state index contributed by atoms with van der Waals surface area (Å²) in [6.45, 7) is 7.96. The molecule has 1 aromatic heterocycles. The number of nitrogens with one attached hydrogen (secondary N) is 2. The summed E-state index contributed by atoms with van der Waals surface area (Å²) in [5.41, 5.74) is 0.309. The van der Waals surface area contributed by atoms with Gasteiger partial charge in [-0.3, -0.25) is 9.78 Å². The van der Waals surface area contributed by atoms with Crippen molar-refractivity contribution in [3.05, 3.63) is 30.1 Å². The summed E-state index contributed by atoms with van der Waals surface area (Å²) in [4.78, 5) is 28.7. The monoisotopic (exact) mass is 519 g/mol. The van der Waals surface area contributed by atoms with Crippen molar-refractivity contribution in [1.29, 1.82) is 0 Å². The van der Waals surface area contributed by atoms with Crippen molar-refractivity contribution in [2.45, 2.75) is 136 Å². The minimum Gasteiger partial charge on any atom is -0.447 e. The molecule has 2 amide bonds. The Morgan fingerprint density at radius 2 is 1.41 bits per heavy atom. The number of ether oxygens (including phenoxy) is 1. The van der Waals surface area contributed by atoms with Gasteiger partial charge in [-0.2, -0.15) is 0 Å². The van der Waals surface area contributed by atoms with Crippen molar-refractivity contribution in [2.75, 3.05) is 6.61 Å². The number of rotatable bonds is 20. The first-order valence-electron chi connectivity index (χ1n) is 14.5. The molecule has 0 saturated heterocycles. The predicted molar refractivity (Wildman–Crippen MR) is 150 cm³/mol. The van der Waals surface area contributed by atoms with Crippen LogP contribution < -0.4 is 10.6 Å². The van der Waals surface area contributed by atoms with Crippen LogP contribution in [-0.4, -0.2) is 40.8 Å². The minimum absolute atomic E-state index is 0.0798. The van der Waals surface area contributed by atoms with Gasteiger partial charge < -0.3 is 20.5 Å². The molecule has 3 N–H and O–H groups in total. The lowest BCUT2D eigenvalue weighted by Gasteiger charge is -2.27. The molecule has 0 bridgehead atoms. The molecule has 1 heterocycles. The summed E-state index contributed by atoms with van der Waals surface area (Å²) < 4.78 is 5.34. The second-order valence-corrected chi connectivity index (χ2v) is 11.2. The van der Waals surface area contributed by atoms with Crippen LogP contribution in [0.2, 0.25) is 0 Å². The van der Waals surface area contributed by atoms with Gasteiger partial charge in [0.25, 0.3) is 0 Å². The summed E-state index contributed by atoms with van der Waals surface area (Å²) >= 11 is 0. The topological polar surface area (TPSA) is 101 Å². The van der Waals surface area contributed by atoms with E-state index in [2.05, 4.69) is 22.5 Å². The number of unbranched alkanes of at least 4 members (excludes halogenated alkanes) is 12. The Morgan fingerprint density at radius 1 is 0.892 bits per heavy atom. The fraction of sp³-hybridized carbons (Fsp3) is 0.767. The number of hydrogen-bond acceptors (Lipinski definition) is 5. The van der Waals surface area contributed by atoms with E-state index in [1.165, 1.54) is 64.2 Å². The maximum absolute atomic E-state index is 12.5. The lowest BCUT2D eigenvalue weighted by molar-refractivity contribution is -0.130. The van der Waals surface area contributed by atoms with Crippen LogP contribution in [0.5, 0.6) is 0 Å². The molecule has 37 heavy (non-hydrogen) atoms. The molecule has 0 radical (unpaired) electrons. The lowest BCUT2D eigenvalue weighted by Crippen LogP contribution is -2.50. The molecule has 0 saturated carbocycles. The van der Waals surface area contributed by atoms with Crippen molar-refractivity contribution >= 4 is 12.0 Å². The number of aliphatic hydroxyl groups excluding tert-OH is 1. The third-order valence-corrected chi connectivity index (χ3v) is 6.65. The number of nitrogens with zero attached hydrogens (tertiary/aromatic N) is 1. The van der Waals surface area contributed by atoms with E-state index in [1.54, 1.807) is 12.4 Å². The Balaban J connectivity index is 2.29. The summed E-state index contributed by atoms with van der Waals surface area (Å²) in [6.07, 6.45) is 19.0. The van der Waals surface area contributed by atoms with E-state index in [9.17, 15) is 14.7 Å². The van der Waals surface area contributed by atoms with E-state index in [4.69, 9.17) is 4.74 Å². The summed E-state index contributed by atoms with van der Waals surface area (Å²) in [7, 11) is 0. The zero-order chi connectivity index (χ0) is 27.4. The number of hydrogen-bond donors (Lipinski definition) is 3. The molecule has 0 aliphatic heterocycles. The van der Waals surface area contributed by atoms with Gasteiger partial charge in [0.05, 0.1) is 12.1 Å². The Labute approximate surface area is 225 Å². The number of carbonyl (C=O) groups is 2. The number of pyridine rings is 1. The molecule has 2 atom stereocenters. The first-order chi connectivity index (χ1) is 17.7. The normalized spacial score (nSPS) is 13.1. The molecule has 1 rings (SSSR count). The SMILES string of the molecule is CCCCCCCCCCCCCCC[C@@H](O)[C@H](COC(=O)NCc1ccncc1)NC(=O)C(C)(C)C. The lowest BCUT2D eigenvalue weighted by atomic mass is 9.94. The van der Waals surface area contributed by atoms with Gasteiger partial charge in [0, 0.05) is 24.4 Å². The van der Waals surface area contributed by atoms with Crippen molar-refractivity contribution in [1.82, 2.24) is 15.6 Å². The molecule has 0 spiro atoms. The van der Waals surface area contributed by atoms with Gasteiger partial charge in [-0.15, -0.1) is 0 Å². The highest BCUT2D eigenvalue weighted by Gasteiger charge is 2.28. The molecular formula is C30H53N3O4. The fourth-order valence-electron chi connectivity index (χ4n) is 4.10. The highest BCUT2D eigenvalue weighted by atomic mass is 16.5. The average Bonchev–Trinajstić information content (AvgIpc) is 2.87. The summed E-state index contributed by atoms with van der Waals surface area (Å²) in [5.74, 6) is -0.178. The number of aliphatic hydroxyl groups is 1. The van der Waals surface area contributed by atoms with Crippen LogP contribution in [0.3, 0.4) is 0 Å². The third-order valence-electron chi connectivity index (χ3n) is 6.65. The summed E-state index contributed by atoms with van der Waals surface area (Å²) in [5, 5.41) is 16.4. The van der Waals surface area contributed by atoms with Gasteiger partial charge in [0.15, 0.2) is 0 Å². The van der Waals surface area contributed by atoms with Crippen molar-refractivity contribution in [3.63, 3.8) is 0 Å². The van der Waals surface area contributed by atoms with Crippen LogP contribution in [0.1, 0.15) is 123 Å². The second kappa shape index (κ2) is 19.9. The molecule has 7 heteroatoms. The van der Waals surface area contributed by atoms with Gasteiger partial charge in [-0.05, 0) is 24.1 Å². The molecule has 0 fully saturated rings. The average molecular weight is 520 g/mol. The highest BCUT2D eigenvalue weighted by Crippen LogP contribution is 2.16. The zero-order valence-electron chi connectivity index (χ0n) is 23.9. The van der Waals surface area contributed by atoms with Crippen molar-refractivity contribution < 1.29 is 19.4 Å². The van der Waals surface area contributed by atoms with E-state index in [-0.39, 0.29) is 12.5 Å². The molecule has 0 aliphatic carbocycles. The van der Waals surface area contributed by atoms with Gasteiger partial charge in [0.2, 0.25) is 5.91 Å². The van der Waals surface area contributed by atoms with E-state index in [0.717, 1.165) is 24.8 Å². The van der Waals surface area contributed by atoms with Gasteiger partial charge in [-0.1, -0.05) is 111 Å². The van der Waals surface area contributed by atoms with E-state index in [0.29, 0.717) is 13.0 Å². The largest absolute Gasteiger partial charge is 0.447 e. The van der Waals surface area contributed by atoms with E-state index in [1.807, 2.05) is 32.9 Å². The number of alkyl carbamates (subject to hydrolysis) is 1. The maximum Gasteiger partial charge on any atom is 0.407 e. The molecule has 0 aromatic carbocycles. The molecule has 0 unspecified atom stereocenters. The Hall–Kier alpha value is -2.15. The van der Waals surface area contributed by atoms with Crippen molar-refractivity contribution in [3.8, 4) is 0 Å². The van der Waals surface area contributed by atoms with E-state index < -0.39 is 23.7 Å². The third kappa shape index (κ3) is 17.1. The van der Waals surface area contributed by atoms with Gasteiger partial charge in [-0.25, -0.2) is 4.79 Å². The fourth-order valence-corrected chi connectivity index (χ4v) is 4.10. The van der Waals surface area contributed by atoms with Crippen LogP contribution >= 0.6 is 0 Å². The maximum atomic E-state index is 12.5. The first kappa shape index (κ1) is 32.9. The van der Waals surface area contributed by atoms with Gasteiger partial charge in [0.1, 0.15) is 6.61 Å². The molecule has 7 nitrogen and oxygen atoms in total. The van der Waals surface area contributed by atoms with Crippen LogP contribution in [0.15, 0.2) is 24.5 Å². The smallest absolute Gasteiger partial charge is 0.407 e. The zero-order valence-corrected chi connectivity index (χ0v) is 23.9. The Morgan fingerprint density at radius 3 is 1.92 bits per heavy atom. The van der Waals surface area contributed by atoms with Gasteiger partial charge >= 0.3 is 6.09 Å². The predicted octanol–water partition coefficient (Wildman–Crippen LogP) is 6.68. The molecule has 1 aromatic rings. The minimum atomic E-state index is -0.771. The number of amides is 2. The molecular weight excluding hydrogens is 466 g/mol. The first-order valence-corrected chi connectivity index (χ1v) is 14.5. The Kier molecular flexibility index (Phi) is 17.7. The number of aromatic nitrogens is 1. The highest BCUT2D eigenvalue weighted by molar-refractivity contribution is 5.81. The second-order valence-electron chi connectivity index (χ2n) is 11.2.